The van der Waals surface area contributed by atoms with E-state index < -0.39 is 0 Å². The van der Waals surface area contributed by atoms with Crippen molar-refractivity contribution < 1.29 is 9.53 Å². The summed E-state index contributed by atoms with van der Waals surface area (Å²) in [5, 5.41) is 3.17. The van der Waals surface area contributed by atoms with Crippen molar-refractivity contribution in [2.24, 2.45) is 5.92 Å². The summed E-state index contributed by atoms with van der Waals surface area (Å²) in [6.45, 7) is 0. The van der Waals surface area contributed by atoms with Gasteiger partial charge in [-0.25, -0.2) is 0 Å². The van der Waals surface area contributed by atoms with Crippen LogP contribution in [-0.4, -0.2) is 26.2 Å². The van der Waals surface area contributed by atoms with Crippen LogP contribution in [0.15, 0.2) is 0 Å². The lowest BCUT2D eigenvalue weighted by atomic mass is 10.1. The molecule has 1 saturated carbocycles. The van der Waals surface area contributed by atoms with Gasteiger partial charge in [0.1, 0.15) is 0 Å². The van der Waals surface area contributed by atoms with Crippen LogP contribution in [0.5, 0.6) is 0 Å². The summed E-state index contributed by atoms with van der Waals surface area (Å²) in [5.74, 6) is 0.0835. The van der Waals surface area contributed by atoms with Gasteiger partial charge >= 0.3 is 5.97 Å². The number of carbonyl (C=O) groups excluding carboxylic acids is 1. The number of methoxy groups -OCH3 is 1. The quantitative estimate of drug-likeness (QED) is 0.595. The van der Waals surface area contributed by atoms with Crippen molar-refractivity contribution >= 4 is 5.97 Å². The Bertz CT molecular complexity index is 147. The Balaban J connectivity index is 2.35. The minimum atomic E-state index is -0.0530. The molecular weight excluding hydrogens is 142 g/mol. The maximum Gasteiger partial charge on any atom is 0.308 e. The summed E-state index contributed by atoms with van der Waals surface area (Å²) in [4.78, 5) is 11.0. The highest BCUT2D eigenvalue weighted by Gasteiger charge is 2.29. The van der Waals surface area contributed by atoms with Crippen LogP contribution in [0.1, 0.15) is 19.3 Å². The van der Waals surface area contributed by atoms with Crippen LogP contribution < -0.4 is 5.32 Å². The van der Waals surface area contributed by atoms with Crippen LogP contribution in [0, 0.1) is 5.92 Å². The van der Waals surface area contributed by atoms with Crippen molar-refractivity contribution in [3.05, 3.63) is 0 Å². The zero-order chi connectivity index (χ0) is 8.27. The van der Waals surface area contributed by atoms with Crippen molar-refractivity contribution in [3.63, 3.8) is 0 Å². The van der Waals surface area contributed by atoms with Gasteiger partial charge in [0.05, 0.1) is 13.0 Å². The van der Waals surface area contributed by atoms with E-state index in [4.69, 9.17) is 0 Å². The summed E-state index contributed by atoms with van der Waals surface area (Å²) < 4.78 is 4.66. The van der Waals surface area contributed by atoms with Gasteiger partial charge in [0.25, 0.3) is 0 Å². The molecule has 1 aliphatic carbocycles. The van der Waals surface area contributed by atoms with E-state index in [1.165, 1.54) is 7.11 Å². The molecule has 1 rings (SSSR count). The first kappa shape index (κ1) is 8.53. The van der Waals surface area contributed by atoms with E-state index in [0.717, 1.165) is 19.3 Å². The molecule has 1 fully saturated rings. The zero-order valence-corrected chi connectivity index (χ0v) is 7.09. The van der Waals surface area contributed by atoms with E-state index in [9.17, 15) is 4.79 Å². The highest BCUT2D eigenvalue weighted by atomic mass is 16.5. The molecule has 0 saturated heterocycles. The molecule has 0 aromatic rings. The Morgan fingerprint density at radius 2 is 2.27 bits per heavy atom. The molecule has 0 aromatic carbocycles. The highest BCUT2D eigenvalue weighted by molar-refractivity contribution is 5.72. The zero-order valence-electron chi connectivity index (χ0n) is 7.09. The fourth-order valence-electron chi connectivity index (χ4n) is 1.62. The van der Waals surface area contributed by atoms with Gasteiger partial charge in [-0.1, -0.05) is 0 Å². The fraction of sp³-hybridized carbons (Fsp3) is 0.875. The molecule has 0 amide bonds. The normalized spacial score (nSPS) is 30.4. The molecule has 11 heavy (non-hydrogen) atoms. The first-order valence-corrected chi connectivity index (χ1v) is 4.03. The number of nitrogens with one attached hydrogen (secondary N) is 1. The molecule has 0 radical (unpaired) electrons. The van der Waals surface area contributed by atoms with Gasteiger partial charge in [0.15, 0.2) is 0 Å². The standard InChI is InChI=1S/C8H15NO2/c1-9-7-4-3-6(5-7)8(10)11-2/h6-7,9H,3-5H2,1-2H3/t6-,7+/m1/s1. The average molecular weight is 157 g/mol. The molecule has 0 bridgehead atoms. The van der Waals surface area contributed by atoms with E-state index in [2.05, 4.69) is 10.1 Å². The largest absolute Gasteiger partial charge is 0.469 e. The molecule has 0 spiro atoms. The van der Waals surface area contributed by atoms with Gasteiger partial charge < -0.3 is 10.1 Å². The van der Waals surface area contributed by atoms with Crippen LogP contribution >= 0.6 is 0 Å². The van der Waals surface area contributed by atoms with Crippen LogP contribution in [0.2, 0.25) is 0 Å². The van der Waals surface area contributed by atoms with Gasteiger partial charge in [-0.3, -0.25) is 4.79 Å². The predicted molar refractivity (Wildman–Crippen MR) is 42.2 cm³/mol. The van der Waals surface area contributed by atoms with Crippen LogP contribution in [0.3, 0.4) is 0 Å². The number of carbonyl (C=O) groups is 1. The lowest BCUT2D eigenvalue weighted by Gasteiger charge is -2.07. The van der Waals surface area contributed by atoms with E-state index in [0.29, 0.717) is 6.04 Å². The molecule has 0 aromatic heterocycles. The first-order valence-electron chi connectivity index (χ1n) is 4.03. The topological polar surface area (TPSA) is 38.3 Å². The number of ether oxygens (including phenoxy) is 1. The number of hydrogen-bond donors (Lipinski definition) is 1. The third kappa shape index (κ3) is 1.93. The SMILES string of the molecule is CN[C@H]1CC[C@@H](C(=O)OC)C1. The van der Waals surface area contributed by atoms with Crippen molar-refractivity contribution in [2.75, 3.05) is 14.2 Å². The van der Waals surface area contributed by atoms with Gasteiger partial charge in [-0.2, -0.15) is 0 Å². The van der Waals surface area contributed by atoms with Crippen LogP contribution in [-0.2, 0) is 9.53 Å². The summed E-state index contributed by atoms with van der Waals surface area (Å²) in [6.07, 6.45) is 3.00. The van der Waals surface area contributed by atoms with E-state index in [1.54, 1.807) is 0 Å². The van der Waals surface area contributed by atoms with Gasteiger partial charge in [0, 0.05) is 6.04 Å². The Morgan fingerprint density at radius 1 is 1.55 bits per heavy atom. The monoisotopic (exact) mass is 157 g/mol. The summed E-state index contributed by atoms with van der Waals surface area (Å²) in [7, 11) is 3.39. The molecule has 64 valence electrons. The molecule has 1 N–H and O–H groups in total. The van der Waals surface area contributed by atoms with Crippen LogP contribution in [0.25, 0.3) is 0 Å². The van der Waals surface area contributed by atoms with Gasteiger partial charge in [-0.15, -0.1) is 0 Å². The predicted octanol–water partition coefficient (Wildman–Crippen LogP) is 0.547. The second-order valence-electron chi connectivity index (χ2n) is 3.02. The molecule has 0 heterocycles. The smallest absolute Gasteiger partial charge is 0.308 e. The van der Waals surface area contributed by atoms with Crippen LogP contribution in [0.4, 0.5) is 0 Å². The third-order valence-electron chi connectivity index (χ3n) is 2.38. The van der Waals surface area contributed by atoms with Gasteiger partial charge in [0.2, 0.25) is 0 Å². The van der Waals surface area contributed by atoms with Gasteiger partial charge in [-0.05, 0) is 26.3 Å². The van der Waals surface area contributed by atoms with Crippen molar-refractivity contribution in [1.29, 1.82) is 0 Å². The first-order chi connectivity index (χ1) is 5.27. The molecule has 0 unspecified atom stereocenters. The molecule has 3 heteroatoms. The van der Waals surface area contributed by atoms with Crippen molar-refractivity contribution in [1.82, 2.24) is 5.32 Å². The summed E-state index contributed by atoms with van der Waals surface area (Å²) in [5.41, 5.74) is 0. The number of rotatable bonds is 2. The Kier molecular flexibility index (Phi) is 2.88. The molecule has 2 atom stereocenters. The maximum atomic E-state index is 11.0. The number of esters is 1. The van der Waals surface area contributed by atoms with E-state index in [1.807, 2.05) is 7.05 Å². The average Bonchev–Trinajstić information content (AvgIpc) is 2.50. The molecular formula is C8H15NO2. The molecule has 0 aliphatic heterocycles. The van der Waals surface area contributed by atoms with Crippen molar-refractivity contribution in [2.45, 2.75) is 25.3 Å². The Hall–Kier alpha value is -0.570. The molecule has 3 nitrogen and oxygen atoms in total. The fourth-order valence-corrected chi connectivity index (χ4v) is 1.62. The lowest BCUT2D eigenvalue weighted by molar-refractivity contribution is -0.145. The second kappa shape index (κ2) is 3.72. The minimum Gasteiger partial charge on any atom is -0.469 e. The van der Waals surface area contributed by atoms with Crippen molar-refractivity contribution in [3.8, 4) is 0 Å². The molecule has 1 aliphatic rings. The number of hydrogen-bond acceptors (Lipinski definition) is 3. The lowest BCUT2D eigenvalue weighted by Crippen LogP contribution is -2.23. The highest BCUT2D eigenvalue weighted by Crippen LogP contribution is 2.25. The minimum absolute atomic E-state index is 0.0530. The Morgan fingerprint density at radius 3 is 2.73 bits per heavy atom. The summed E-state index contributed by atoms with van der Waals surface area (Å²) in [6, 6.07) is 0.513. The third-order valence-corrected chi connectivity index (χ3v) is 2.38. The van der Waals surface area contributed by atoms with E-state index in [-0.39, 0.29) is 11.9 Å². The van der Waals surface area contributed by atoms with E-state index >= 15 is 0 Å². The Labute approximate surface area is 67.1 Å². The summed E-state index contributed by atoms with van der Waals surface area (Å²) >= 11 is 0. The maximum absolute atomic E-state index is 11.0. The second-order valence-corrected chi connectivity index (χ2v) is 3.02.